The molecule has 0 amide bonds. The van der Waals surface area contributed by atoms with Crippen LogP contribution in [0.5, 0.6) is 0 Å². The molecule has 0 radical (unpaired) electrons. The molecule has 0 saturated carbocycles. The van der Waals surface area contributed by atoms with Crippen LogP contribution >= 0.6 is 15.9 Å². The summed E-state index contributed by atoms with van der Waals surface area (Å²) in [4.78, 5) is 4.54. The number of halogens is 2. The van der Waals surface area contributed by atoms with E-state index in [-0.39, 0.29) is 11.2 Å². The third-order valence-electron chi connectivity index (χ3n) is 4.31. The summed E-state index contributed by atoms with van der Waals surface area (Å²) in [5.74, 6) is 1.12. The second kappa shape index (κ2) is 5.50. The van der Waals surface area contributed by atoms with Gasteiger partial charge < -0.3 is 9.84 Å². The Balaban J connectivity index is 2.02. The van der Waals surface area contributed by atoms with Crippen molar-refractivity contribution in [2.24, 2.45) is 5.92 Å². The SMILES string of the molecule is CC(C)C1(c2nc(-c3cc(F)ccc3Br)no2)CCNC1. The predicted molar refractivity (Wildman–Crippen MR) is 81.4 cm³/mol. The number of hydrogen-bond donors (Lipinski definition) is 1. The largest absolute Gasteiger partial charge is 0.338 e. The van der Waals surface area contributed by atoms with Crippen molar-refractivity contribution in [1.82, 2.24) is 15.5 Å². The van der Waals surface area contributed by atoms with E-state index in [1.807, 2.05) is 0 Å². The third-order valence-corrected chi connectivity index (χ3v) is 5.01. The van der Waals surface area contributed by atoms with E-state index in [1.54, 1.807) is 6.07 Å². The fourth-order valence-electron chi connectivity index (χ4n) is 2.84. The van der Waals surface area contributed by atoms with E-state index >= 15 is 0 Å². The highest BCUT2D eigenvalue weighted by Crippen LogP contribution is 2.38. The lowest BCUT2D eigenvalue weighted by molar-refractivity contribution is 0.234. The molecule has 2 aromatic rings. The maximum Gasteiger partial charge on any atom is 0.234 e. The highest BCUT2D eigenvalue weighted by molar-refractivity contribution is 9.10. The van der Waals surface area contributed by atoms with Gasteiger partial charge in [-0.3, -0.25) is 0 Å². The lowest BCUT2D eigenvalue weighted by atomic mass is 9.76. The summed E-state index contributed by atoms with van der Waals surface area (Å²) in [7, 11) is 0. The molecule has 112 valence electrons. The molecule has 1 fully saturated rings. The Hall–Kier alpha value is -1.27. The molecule has 1 aliphatic rings. The molecular formula is C15H17BrFN3O. The van der Waals surface area contributed by atoms with Crippen LogP contribution in [-0.2, 0) is 5.41 Å². The van der Waals surface area contributed by atoms with Gasteiger partial charge in [-0.1, -0.05) is 34.9 Å². The first-order valence-corrected chi connectivity index (χ1v) is 7.82. The number of nitrogens with zero attached hydrogens (tertiary/aromatic N) is 2. The molecule has 0 spiro atoms. The minimum atomic E-state index is -0.319. The monoisotopic (exact) mass is 353 g/mol. The average molecular weight is 354 g/mol. The number of benzene rings is 1. The normalized spacial score (nSPS) is 22.1. The van der Waals surface area contributed by atoms with E-state index in [2.05, 4.69) is 45.2 Å². The number of nitrogens with one attached hydrogen (secondary N) is 1. The maximum absolute atomic E-state index is 13.4. The zero-order valence-electron chi connectivity index (χ0n) is 12.0. The van der Waals surface area contributed by atoms with Gasteiger partial charge in [0, 0.05) is 16.6 Å². The molecule has 1 unspecified atom stereocenters. The van der Waals surface area contributed by atoms with Crippen molar-refractivity contribution >= 4 is 15.9 Å². The van der Waals surface area contributed by atoms with Gasteiger partial charge in [0.15, 0.2) is 0 Å². The van der Waals surface area contributed by atoms with E-state index in [0.29, 0.717) is 23.2 Å². The van der Waals surface area contributed by atoms with Crippen LogP contribution in [0.25, 0.3) is 11.4 Å². The smallest absolute Gasteiger partial charge is 0.234 e. The lowest BCUT2D eigenvalue weighted by Crippen LogP contribution is -2.35. The van der Waals surface area contributed by atoms with Gasteiger partial charge in [-0.15, -0.1) is 0 Å². The van der Waals surface area contributed by atoms with Crippen molar-refractivity contribution < 1.29 is 8.91 Å². The van der Waals surface area contributed by atoms with Crippen molar-refractivity contribution in [3.8, 4) is 11.4 Å². The highest BCUT2D eigenvalue weighted by Gasteiger charge is 2.43. The van der Waals surface area contributed by atoms with Crippen molar-refractivity contribution in [3.05, 3.63) is 34.4 Å². The minimum Gasteiger partial charge on any atom is -0.338 e. The Morgan fingerprint density at radius 1 is 1.43 bits per heavy atom. The number of hydrogen-bond acceptors (Lipinski definition) is 4. The first-order valence-electron chi connectivity index (χ1n) is 7.03. The van der Waals surface area contributed by atoms with Gasteiger partial charge in [-0.2, -0.15) is 4.98 Å². The molecule has 0 aliphatic carbocycles. The van der Waals surface area contributed by atoms with Gasteiger partial charge in [0.1, 0.15) is 5.82 Å². The molecule has 1 aliphatic heterocycles. The second-order valence-corrected chi connectivity index (χ2v) is 6.64. The lowest BCUT2D eigenvalue weighted by Gasteiger charge is -2.28. The number of rotatable bonds is 3. The Morgan fingerprint density at radius 3 is 2.90 bits per heavy atom. The van der Waals surface area contributed by atoms with E-state index in [4.69, 9.17) is 4.52 Å². The molecule has 1 saturated heterocycles. The first-order chi connectivity index (χ1) is 10.0. The summed E-state index contributed by atoms with van der Waals surface area (Å²) >= 11 is 3.40. The molecule has 4 nitrogen and oxygen atoms in total. The van der Waals surface area contributed by atoms with Crippen LogP contribution in [0.2, 0.25) is 0 Å². The molecule has 3 rings (SSSR count). The number of aromatic nitrogens is 2. The summed E-state index contributed by atoms with van der Waals surface area (Å²) in [6.07, 6.45) is 0.969. The van der Waals surface area contributed by atoms with Crippen LogP contribution in [0.1, 0.15) is 26.2 Å². The van der Waals surface area contributed by atoms with Gasteiger partial charge in [0.05, 0.1) is 5.41 Å². The molecule has 2 heterocycles. The van der Waals surface area contributed by atoms with Crippen LogP contribution < -0.4 is 5.32 Å². The fraction of sp³-hybridized carbons (Fsp3) is 0.467. The third kappa shape index (κ3) is 2.51. The summed E-state index contributed by atoms with van der Waals surface area (Å²) in [6, 6.07) is 4.45. The molecule has 6 heteroatoms. The van der Waals surface area contributed by atoms with Crippen LogP contribution in [-0.4, -0.2) is 23.2 Å². The summed E-state index contributed by atoms with van der Waals surface area (Å²) in [5.41, 5.74) is 0.472. The standard InChI is InChI=1S/C15H17BrFN3O/c1-9(2)15(5-6-18-8-15)14-19-13(20-21-14)11-7-10(17)3-4-12(11)16/h3-4,7,9,18H,5-6,8H2,1-2H3. The van der Waals surface area contributed by atoms with Gasteiger partial charge in [0.25, 0.3) is 0 Å². The van der Waals surface area contributed by atoms with E-state index in [1.165, 1.54) is 12.1 Å². The van der Waals surface area contributed by atoms with Gasteiger partial charge in [-0.25, -0.2) is 4.39 Å². The van der Waals surface area contributed by atoms with Crippen molar-refractivity contribution in [2.45, 2.75) is 25.7 Å². The molecule has 1 aromatic carbocycles. The van der Waals surface area contributed by atoms with E-state index < -0.39 is 0 Å². The van der Waals surface area contributed by atoms with Crippen molar-refractivity contribution in [3.63, 3.8) is 0 Å². The first kappa shape index (κ1) is 14.7. The highest BCUT2D eigenvalue weighted by atomic mass is 79.9. The van der Waals surface area contributed by atoms with Crippen LogP contribution in [0, 0.1) is 11.7 Å². The van der Waals surface area contributed by atoms with Crippen LogP contribution in [0.3, 0.4) is 0 Å². The quantitative estimate of drug-likeness (QED) is 0.916. The molecule has 1 atom stereocenters. The van der Waals surface area contributed by atoms with Gasteiger partial charge >= 0.3 is 0 Å². The minimum absolute atomic E-state index is 0.134. The zero-order chi connectivity index (χ0) is 15.0. The average Bonchev–Trinajstić information content (AvgIpc) is 3.09. The fourth-order valence-corrected chi connectivity index (χ4v) is 3.26. The zero-order valence-corrected chi connectivity index (χ0v) is 13.6. The van der Waals surface area contributed by atoms with Gasteiger partial charge in [-0.05, 0) is 37.1 Å². The molecule has 1 N–H and O–H groups in total. The summed E-state index contributed by atoms with van der Waals surface area (Å²) < 4.78 is 19.7. The van der Waals surface area contributed by atoms with E-state index in [0.717, 1.165) is 24.0 Å². The molecule has 1 aromatic heterocycles. The molecule has 21 heavy (non-hydrogen) atoms. The summed E-state index contributed by atoms with van der Waals surface area (Å²) in [5, 5.41) is 7.42. The topological polar surface area (TPSA) is 51.0 Å². The molecule has 0 bridgehead atoms. The second-order valence-electron chi connectivity index (χ2n) is 5.78. The Labute approximate surface area is 131 Å². The Kier molecular flexibility index (Phi) is 3.84. The Morgan fingerprint density at radius 2 is 2.24 bits per heavy atom. The van der Waals surface area contributed by atoms with Crippen LogP contribution in [0.4, 0.5) is 4.39 Å². The van der Waals surface area contributed by atoms with Crippen molar-refractivity contribution in [2.75, 3.05) is 13.1 Å². The Bertz CT molecular complexity index is 650. The summed E-state index contributed by atoms with van der Waals surface area (Å²) in [6.45, 7) is 6.10. The molecular weight excluding hydrogens is 337 g/mol. The van der Waals surface area contributed by atoms with Crippen LogP contribution in [0.15, 0.2) is 27.2 Å². The van der Waals surface area contributed by atoms with E-state index in [9.17, 15) is 4.39 Å². The van der Waals surface area contributed by atoms with Gasteiger partial charge in [0.2, 0.25) is 11.7 Å². The maximum atomic E-state index is 13.4. The van der Waals surface area contributed by atoms with Crippen molar-refractivity contribution in [1.29, 1.82) is 0 Å². The predicted octanol–water partition coefficient (Wildman–Crippen LogP) is 3.53.